The van der Waals surface area contributed by atoms with Crippen LogP contribution < -0.4 is 23.7 Å². The third-order valence-electron chi connectivity index (χ3n) is 5.03. The Morgan fingerprint density at radius 3 is 2.07 bits per heavy atom. The van der Waals surface area contributed by atoms with Crippen molar-refractivity contribution >= 4 is 17.0 Å². The van der Waals surface area contributed by atoms with Crippen molar-refractivity contribution in [3.8, 4) is 34.3 Å². The van der Waals surface area contributed by atoms with Gasteiger partial charge in [-0.3, -0.25) is 0 Å². The standard InChI is InChI=1S/C23H28N2O4S/c1-7-15(2)25-19(16-12-20(27-4)22(29-6)21(13-16)28-5)14-30-23(25)24-17-8-10-18(26-3)11-9-17/h8-15H,7H2,1-6H3. The fraction of sp³-hybridized carbons (Fsp3) is 0.348. The van der Waals surface area contributed by atoms with Crippen molar-refractivity contribution in [2.75, 3.05) is 28.4 Å². The lowest BCUT2D eigenvalue weighted by Crippen LogP contribution is -2.19. The average molecular weight is 429 g/mol. The Bertz CT molecular complexity index is 1030. The maximum Gasteiger partial charge on any atom is 0.203 e. The molecule has 1 heterocycles. The number of nitrogens with zero attached hydrogens (tertiary/aromatic N) is 2. The number of rotatable bonds is 8. The second-order valence-electron chi connectivity index (χ2n) is 6.75. The van der Waals surface area contributed by atoms with Crippen LogP contribution in [0.1, 0.15) is 26.3 Å². The molecule has 0 bridgehead atoms. The topological polar surface area (TPSA) is 54.2 Å². The fourth-order valence-corrected chi connectivity index (χ4v) is 4.23. The third-order valence-corrected chi connectivity index (χ3v) is 5.87. The van der Waals surface area contributed by atoms with Gasteiger partial charge in [-0.2, -0.15) is 0 Å². The molecule has 3 aromatic rings. The molecule has 0 aliphatic carbocycles. The fourth-order valence-electron chi connectivity index (χ4n) is 3.22. The van der Waals surface area contributed by atoms with E-state index in [4.69, 9.17) is 23.9 Å². The molecule has 7 heteroatoms. The molecule has 0 aliphatic heterocycles. The molecular formula is C23H28N2O4S. The molecule has 1 atom stereocenters. The number of ether oxygens (including phenoxy) is 4. The highest BCUT2D eigenvalue weighted by molar-refractivity contribution is 7.07. The van der Waals surface area contributed by atoms with E-state index < -0.39 is 0 Å². The zero-order valence-corrected chi connectivity index (χ0v) is 19.1. The summed E-state index contributed by atoms with van der Waals surface area (Å²) in [5.74, 6) is 2.65. The first kappa shape index (κ1) is 21.8. The lowest BCUT2D eigenvalue weighted by atomic mass is 10.1. The summed E-state index contributed by atoms with van der Waals surface area (Å²) in [7, 11) is 6.52. The summed E-state index contributed by atoms with van der Waals surface area (Å²) in [5.41, 5.74) is 2.92. The van der Waals surface area contributed by atoms with Crippen LogP contribution in [-0.4, -0.2) is 33.0 Å². The van der Waals surface area contributed by atoms with E-state index in [1.165, 1.54) is 0 Å². The summed E-state index contributed by atoms with van der Waals surface area (Å²) in [6.45, 7) is 4.37. The van der Waals surface area contributed by atoms with Crippen LogP contribution in [0.4, 0.5) is 5.69 Å². The third kappa shape index (κ3) is 4.31. The molecule has 0 saturated carbocycles. The van der Waals surface area contributed by atoms with Crippen LogP contribution in [0.5, 0.6) is 23.0 Å². The van der Waals surface area contributed by atoms with Crippen molar-refractivity contribution in [1.82, 2.24) is 4.57 Å². The maximum absolute atomic E-state index is 5.55. The molecule has 0 N–H and O–H groups in total. The molecule has 160 valence electrons. The molecule has 0 amide bonds. The van der Waals surface area contributed by atoms with Crippen LogP contribution >= 0.6 is 11.3 Å². The second kappa shape index (κ2) is 9.71. The highest BCUT2D eigenvalue weighted by Crippen LogP contribution is 2.41. The average Bonchev–Trinajstić information content (AvgIpc) is 3.21. The van der Waals surface area contributed by atoms with Gasteiger partial charge in [-0.25, -0.2) is 4.99 Å². The van der Waals surface area contributed by atoms with E-state index in [-0.39, 0.29) is 6.04 Å². The van der Waals surface area contributed by atoms with Gasteiger partial charge in [-0.05, 0) is 49.7 Å². The second-order valence-corrected chi connectivity index (χ2v) is 7.59. The van der Waals surface area contributed by atoms with Crippen LogP contribution in [-0.2, 0) is 0 Å². The number of benzene rings is 2. The monoisotopic (exact) mass is 428 g/mol. The number of aromatic nitrogens is 1. The van der Waals surface area contributed by atoms with Gasteiger partial charge < -0.3 is 23.5 Å². The van der Waals surface area contributed by atoms with Crippen molar-refractivity contribution in [2.45, 2.75) is 26.3 Å². The molecule has 6 nitrogen and oxygen atoms in total. The first-order valence-electron chi connectivity index (χ1n) is 9.75. The molecule has 1 aromatic heterocycles. The molecular weight excluding hydrogens is 400 g/mol. The van der Waals surface area contributed by atoms with E-state index in [1.807, 2.05) is 36.4 Å². The molecule has 0 fully saturated rings. The number of methoxy groups -OCH3 is 4. The zero-order valence-electron chi connectivity index (χ0n) is 18.3. The lowest BCUT2D eigenvalue weighted by molar-refractivity contribution is 0.324. The van der Waals surface area contributed by atoms with Crippen LogP contribution in [0.25, 0.3) is 11.3 Å². The summed E-state index contributed by atoms with van der Waals surface area (Å²) >= 11 is 1.61. The molecule has 0 spiro atoms. The minimum Gasteiger partial charge on any atom is -0.497 e. The summed E-state index contributed by atoms with van der Waals surface area (Å²) < 4.78 is 24.1. The van der Waals surface area contributed by atoms with Gasteiger partial charge in [0.2, 0.25) is 5.75 Å². The predicted molar refractivity (Wildman–Crippen MR) is 121 cm³/mol. The van der Waals surface area contributed by atoms with E-state index >= 15 is 0 Å². The van der Waals surface area contributed by atoms with E-state index in [0.717, 1.165) is 33.9 Å². The molecule has 0 aliphatic rings. The van der Waals surface area contributed by atoms with Crippen LogP contribution in [0.3, 0.4) is 0 Å². The summed E-state index contributed by atoms with van der Waals surface area (Å²) in [6, 6.07) is 12.0. The molecule has 0 radical (unpaired) electrons. The smallest absolute Gasteiger partial charge is 0.203 e. The Hall–Kier alpha value is -2.93. The Morgan fingerprint density at radius 2 is 1.57 bits per heavy atom. The molecule has 30 heavy (non-hydrogen) atoms. The largest absolute Gasteiger partial charge is 0.497 e. The normalized spacial score (nSPS) is 12.5. The minimum atomic E-state index is 0.266. The first-order valence-corrected chi connectivity index (χ1v) is 10.6. The van der Waals surface area contributed by atoms with Crippen molar-refractivity contribution in [1.29, 1.82) is 0 Å². The SMILES string of the molecule is CCC(C)n1c(-c2cc(OC)c(OC)c(OC)c2)csc1=Nc1ccc(OC)cc1. The highest BCUT2D eigenvalue weighted by atomic mass is 32.1. The van der Waals surface area contributed by atoms with Crippen LogP contribution in [0.2, 0.25) is 0 Å². The lowest BCUT2D eigenvalue weighted by Gasteiger charge is -2.18. The Kier molecular flexibility index (Phi) is 7.05. The summed E-state index contributed by atoms with van der Waals surface area (Å²) in [4.78, 5) is 5.82. The molecule has 2 aromatic carbocycles. The van der Waals surface area contributed by atoms with Gasteiger partial charge >= 0.3 is 0 Å². The van der Waals surface area contributed by atoms with E-state index in [2.05, 4.69) is 23.8 Å². The zero-order chi connectivity index (χ0) is 21.7. The van der Waals surface area contributed by atoms with Crippen molar-refractivity contribution in [3.63, 3.8) is 0 Å². The van der Waals surface area contributed by atoms with E-state index in [0.29, 0.717) is 17.2 Å². The Labute approximate surface area is 181 Å². The van der Waals surface area contributed by atoms with Crippen LogP contribution in [0, 0.1) is 0 Å². The molecule has 0 saturated heterocycles. The Balaban J connectivity index is 2.18. The van der Waals surface area contributed by atoms with Gasteiger partial charge in [0.15, 0.2) is 16.3 Å². The first-order chi connectivity index (χ1) is 14.6. The minimum absolute atomic E-state index is 0.266. The van der Waals surface area contributed by atoms with E-state index in [9.17, 15) is 0 Å². The van der Waals surface area contributed by atoms with Gasteiger partial charge in [0.1, 0.15) is 5.75 Å². The summed E-state index contributed by atoms with van der Waals surface area (Å²) in [6.07, 6.45) is 0.976. The van der Waals surface area contributed by atoms with Crippen molar-refractivity contribution in [2.24, 2.45) is 4.99 Å². The highest BCUT2D eigenvalue weighted by Gasteiger charge is 2.18. The van der Waals surface area contributed by atoms with Crippen LogP contribution in [0.15, 0.2) is 46.8 Å². The Morgan fingerprint density at radius 1 is 0.933 bits per heavy atom. The number of hydrogen-bond acceptors (Lipinski definition) is 6. The number of hydrogen-bond donors (Lipinski definition) is 0. The summed E-state index contributed by atoms with van der Waals surface area (Å²) in [5, 5.41) is 2.12. The van der Waals surface area contributed by atoms with Crippen molar-refractivity contribution in [3.05, 3.63) is 46.6 Å². The van der Waals surface area contributed by atoms with Gasteiger partial charge in [-0.15, -0.1) is 11.3 Å². The van der Waals surface area contributed by atoms with Gasteiger partial charge in [0.05, 0.1) is 39.8 Å². The molecule has 3 rings (SSSR count). The van der Waals surface area contributed by atoms with E-state index in [1.54, 1.807) is 39.8 Å². The van der Waals surface area contributed by atoms with Gasteiger partial charge in [0, 0.05) is 17.0 Å². The van der Waals surface area contributed by atoms with Crippen molar-refractivity contribution < 1.29 is 18.9 Å². The number of thiazole rings is 1. The molecule has 1 unspecified atom stereocenters. The van der Waals surface area contributed by atoms with Gasteiger partial charge in [0.25, 0.3) is 0 Å². The quantitative estimate of drug-likeness (QED) is 0.478. The predicted octanol–water partition coefficient (Wildman–Crippen LogP) is 5.45. The maximum atomic E-state index is 5.55. The van der Waals surface area contributed by atoms with Gasteiger partial charge in [-0.1, -0.05) is 6.92 Å².